The lowest BCUT2D eigenvalue weighted by Crippen LogP contribution is -2.49. The van der Waals surface area contributed by atoms with E-state index in [0.717, 1.165) is 103 Å². The zero-order chi connectivity index (χ0) is 20.6. The minimum Gasteiger partial charge on any atom is -0.381 e. The molecule has 0 N–H and O–H groups in total. The number of rotatable bonds is 7. The number of nitrogens with zero attached hydrogens (tertiary/aromatic N) is 3. The summed E-state index contributed by atoms with van der Waals surface area (Å²) in [4.78, 5) is 20.1. The van der Waals surface area contributed by atoms with Crippen LogP contribution < -0.4 is 0 Å². The van der Waals surface area contributed by atoms with Gasteiger partial charge < -0.3 is 14.4 Å². The Hall–Kier alpha value is -1.47. The van der Waals surface area contributed by atoms with Crippen molar-refractivity contribution in [2.45, 2.75) is 31.7 Å². The highest BCUT2D eigenvalue weighted by Crippen LogP contribution is 2.23. The van der Waals surface area contributed by atoms with Crippen LogP contribution in [-0.4, -0.2) is 98.9 Å². The molecular formula is C24H37N3O3. The zero-order valence-corrected chi connectivity index (χ0v) is 18.2. The monoisotopic (exact) mass is 415 g/mol. The minimum absolute atomic E-state index is 0.183. The number of piperidine rings is 1. The van der Waals surface area contributed by atoms with Gasteiger partial charge in [0.25, 0.3) is 5.91 Å². The number of amides is 1. The number of carbonyl (C=O) groups excluding carboxylic acids is 1. The molecule has 3 saturated heterocycles. The first kappa shape index (κ1) is 21.8. The quantitative estimate of drug-likeness (QED) is 0.684. The van der Waals surface area contributed by atoms with Crippen LogP contribution in [0.1, 0.15) is 36.0 Å². The summed E-state index contributed by atoms with van der Waals surface area (Å²) in [6.07, 6.45) is 4.51. The van der Waals surface area contributed by atoms with Gasteiger partial charge in [-0.1, -0.05) is 18.2 Å². The summed E-state index contributed by atoms with van der Waals surface area (Å²) in [5.41, 5.74) is 0.810. The molecule has 166 valence electrons. The molecule has 0 aromatic heterocycles. The fraction of sp³-hybridized carbons (Fsp3) is 0.708. The van der Waals surface area contributed by atoms with Gasteiger partial charge in [-0.2, -0.15) is 0 Å². The van der Waals surface area contributed by atoms with E-state index in [0.29, 0.717) is 12.0 Å². The lowest BCUT2D eigenvalue weighted by Gasteiger charge is -2.40. The first-order valence-corrected chi connectivity index (χ1v) is 11.8. The van der Waals surface area contributed by atoms with Crippen LogP contribution in [0.25, 0.3) is 0 Å². The van der Waals surface area contributed by atoms with Gasteiger partial charge in [-0.15, -0.1) is 0 Å². The van der Waals surface area contributed by atoms with E-state index >= 15 is 0 Å². The summed E-state index contributed by atoms with van der Waals surface area (Å²) in [6, 6.07) is 10.3. The van der Waals surface area contributed by atoms with Crippen LogP contribution in [0.15, 0.2) is 30.3 Å². The van der Waals surface area contributed by atoms with Crippen LogP contribution in [0.2, 0.25) is 0 Å². The number of morpholine rings is 1. The Balaban J connectivity index is 1.28. The fourth-order valence-electron chi connectivity index (χ4n) is 4.98. The highest BCUT2D eigenvalue weighted by molar-refractivity contribution is 5.94. The van der Waals surface area contributed by atoms with Gasteiger partial charge in [0.2, 0.25) is 0 Å². The van der Waals surface area contributed by atoms with Crippen LogP contribution >= 0.6 is 0 Å². The van der Waals surface area contributed by atoms with Crippen molar-refractivity contribution in [3.05, 3.63) is 35.9 Å². The molecular weight excluding hydrogens is 378 g/mol. The van der Waals surface area contributed by atoms with Crippen molar-refractivity contribution >= 4 is 5.91 Å². The van der Waals surface area contributed by atoms with Gasteiger partial charge in [0.05, 0.1) is 13.2 Å². The molecule has 3 fully saturated rings. The van der Waals surface area contributed by atoms with Crippen LogP contribution in [0.5, 0.6) is 0 Å². The number of hydrogen-bond acceptors (Lipinski definition) is 5. The third kappa shape index (κ3) is 6.03. The average Bonchev–Trinajstić information content (AvgIpc) is 2.83. The van der Waals surface area contributed by atoms with E-state index in [2.05, 4.69) is 9.80 Å². The Morgan fingerprint density at radius 3 is 2.27 bits per heavy atom. The van der Waals surface area contributed by atoms with Gasteiger partial charge in [-0.05, 0) is 43.7 Å². The Bertz CT molecular complexity index is 636. The summed E-state index contributed by atoms with van der Waals surface area (Å²) in [6.45, 7) is 10.8. The molecule has 0 radical (unpaired) electrons. The van der Waals surface area contributed by atoms with Crippen LogP contribution in [0.3, 0.4) is 0 Å². The molecule has 6 heteroatoms. The highest BCUT2D eigenvalue weighted by atomic mass is 16.5. The van der Waals surface area contributed by atoms with Gasteiger partial charge >= 0.3 is 0 Å². The maximum atomic E-state index is 12.7. The van der Waals surface area contributed by atoms with Crippen molar-refractivity contribution < 1.29 is 14.3 Å². The molecule has 30 heavy (non-hydrogen) atoms. The molecule has 0 bridgehead atoms. The normalized spacial score (nSPS) is 22.5. The summed E-state index contributed by atoms with van der Waals surface area (Å²) >= 11 is 0. The van der Waals surface area contributed by atoms with Gasteiger partial charge in [-0.25, -0.2) is 0 Å². The third-order valence-corrected chi connectivity index (χ3v) is 6.93. The van der Waals surface area contributed by atoms with E-state index in [4.69, 9.17) is 9.47 Å². The summed E-state index contributed by atoms with van der Waals surface area (Å²) < 4.78 is 11.1. The SMILES string of the molecule is O=C(c1ccccc1)N1CCC(CN(CCN2CCOCC2)C2CCOCC2)CC1. The topological polar surface area (TPSA) is 45.3 Å². The maximum absolute atomic E-state index is 12.7. The van der Waals surface area contributed by atoms with Crippen LogP contribution in [0.4, 0.5) is 0 Å². The predicted molar refractivity (Wildman–Crippen MR) is 118 cm³/mol. The van der Waals surface area contributed by atoms with Gasteiger partial charge in [0, 0.05) is 70.6 Å². The van der Waals surface area contributed by atoms with Crippen LogP contribution in [-0.2, 0) is 9.47 Å². The van der Waals surface area contributed by atoms with Gasteiger partial charge in [0.1, 0.15) is 0 Å². The second kappa shape index (κ2) is 11.2. The van der Waals surface area contributed by atoms with E-state index in [1.165, 1.54) is 0 Å². The van der Waals surface area contributed by atoms with Crippen molar-refractivity contribution in [1.29, 1.82) is 0 Å². The molecule has 3 aliphatic rings. The first-order chi connectivity index (χ1) is 14.8. The number of ether oxygens (including phenoxy) is 2. The molecule has 6 nitrogen and oxygen atoms in total. The Kier molecular flexibility index (Phi) is 8.15. The first-order valence-electron chi connectivity index (χ1n) is 11.8. The molecule has 0 spiro atoms. The number of likely N-dealkylation sites (tertiary alicyclic amines) is 1. The van der Waals surface area contributed by atoms with Gasteiger partial charge in [-0.3, -0.25) is 14.6 Å². The van der Waals surface area contributed by atoms with Crippen molar-refractivity contribution in [3.63, 3.8) is 0 Å². The van der Waals surface area contributed by atoms with E-state index in [1.54, 1.807) is 0 Å². The summed E-state index contributed by atoms with van der Waals surface area (Å²) in [5.74, 6) is 0.861. The molecule has 0 aliphatic carbocycles. The summed E-state index contributed by atoms with van der Waals surface area (Å²) in [7, 11) is 0. The maximum Gasteiger partial charge on any atom is 0.253 e. The van der Waals surface area contributed by atoms with Crippen molar-refractivity contribution in [3.8, 4) is 0 Å². The van der Waals surface area contributed by atoms with Crippen molar-refractivity contribution in [2.75, 3.05) is 72.2 Å². The minimum atomic E-state index is 0.183. The molecule has 0 saturated carbocycles. The Labute approximate surface area is 181 Å². The number of hydrogen-bond donors (Lipinski definition) is 0. The Morgan fingerprint density at radius 2 is 1.57 bits per heavy atom. The highest BCUT2D eigenvalue weighted by Gasteiger charge is 2.28. The summed E-state index contributed by atoms with van der Waals surface area (Å²) in [5, 5.41) is 0. The molecule has 1 aromatic carbocycles. The van der Waals surface area contributed by atoms with Gasteiger partial charge in [0.15, 0.2) is 0 Å². The van der Waals surface area contributed by atoms with Crippen molar-refractivity contribution in [2.24, 2.45) is 5.92 Å². The smallest absolute Gasteiger partial charge is 0.253 e. The van der Waals surface area contributed by atoms with E-state index in [-0.39, 0.29) is 5.91 Å². The van der Waals surface area contributed by atoms with E-state index in [9.17, 15) is 4.79 Å². The fourth-order valence-corrected chi connectivity index (χ4v) is 4.98. The van der Waals surface area contributed by atoms with E-state index < -0.39 is 0 Å². The second-order valence-electron chi connectivity index (χ2n) is 8.89. The predicted octanol–water partition coefficient (Wildman–Crippen LogP) is 2.35. The molecule has 1 aromatic rings. The number of carbonyl (C=O) groups is 1. The van der Waals surface area contributed by atoms with Crippen LogP contribution in [0, 0.1) is 5.92 Å². The molecule has 3 heterocycles. The average molecular weight is 416 g/mol. The number of benzene rings is 1. The third-order valence-electron chi connectivity index (χ3n) is 6.93. The van der Waals surface area contributed by atoms with E-state index in [1.807, 2.05) is 35.2 Å². The molecule has 0 atom stereocenters. The zero-order valence-electron chi connectivity index (χ0n) is 18.2. The molecule has 0 unspecified atom stereocenters. The Morgan fingerprint density at radius 1 is 0.900 bits per heavy atom. The lowest BCUT2D eigenvalue weighted by atomic mass is 9.94. The lowest BCUT2D eigenvalue weighted by molar-refractivity contribution is 0.00625. The standard InChI is InChI=1S/C24H37N3O3/c28-24(22-4-2-1-3-5-22)26-10-6-21(7-11-26)20-27(23-8-16-29-17-9-23)13-12-25-14-18-30-19-15-25/h1-5,21,23H,6-20H2. The molecule has 4 rings (SSSR count). The molecule has 3 aliphatic heterocycles. The molecule has 1 amide bonds. The van der Waals surface area contributed by atoms with Crippen molar-refractivity contribution in [1.82, 2.24) is 14.7 Å². The largest absolute Gasteiger partial charge is 0.381 e. The second-order valence-corrected chi connectivity index (χ2v) is 8.89.